The number of halogens is 1. The van der Waals surface area contributed by atoms with E-state index in [2.05, 4.69) is 11.8 Å². The lowest BCUT2D eigenvalue weighted by Crippen LogP contribution is -2.59. The number of amides is 1. The molecule has 1 amide bonds. The second kappa shape index (κ2) is 7.48. The van der Waals surface area contributed by atoms with E-state index >= 15 is 0 Å². The number of carbonyl (C=O) groups excluding carboxylic acids is 1. The van der Waals surface area contributed by atoms with Crippen LogP contribution in [0, 0.1) is 12.7 Å². The smallest absolute Gasteiger partial charge is 0.254 e. The van der Waals surface area contributed by atoms with E-state index in [1.54, 1.807) is 28.3 Å². The second-order valence-electron chi connectivity index (χ2n) is 7.67. The average Bonchev–Trinajstić information content (AvgIpc) is 3.10. The van der Waals surface area contributed by atoms with Gasteiger partial charge in [0, 0.05) is 50.4 Å². The summed E-state index contributed by atoms with van der Waals surface area (Å²) in [7, 11) is -3.18. The summed E-state index contributed by atoms with van der Waals surface area (Å²) in [6.07, 6.45) is 2.94. The van der Waals surface area contributed by atoms with Crippen molar-refractivity contribution in [3.8, 4) is 0 Å². The SMILES string of the molecule is CCC1(N2CCN(C(=O)c3ccc(C)c(F)c3)CC2)CCN(S(C)(=O)=O)C1. The number of nitrogens with zero attached hydrogens (tertiary/aromatic N) is 3. The Kier molecular flexibility index (Phi) is 5.61. The Morgan fingerprint density at radius 3 is 2.37 bits per heavy atom. The zero-order valence-electron chi connectivity index (χ0n) is 16.2. The average molecular weight is 398 g/mol. The molecule has 0 saturated carbocycles. The molecule has 27 heavy (non-hydrogen) atoms. The highest BCUT2D eigenvalue weighted by Crippen LogP contribution is 2.33. The van der Waals surface area contributed by atoms with Gasteiger partial charge in [0.2, 0.25) is 10.0 Å². The molecule has 2 fully saturated rings. The van der Waals surface area contributed by atoms with Crippen molar-refractivity contribution in [3.63, 3.8) is 0 Å². The Hall–Kier alpha value is -1.51. The van der Waals surface area contributed by atoms with Crippen LogP contribution in [0.2, 0.25) is 0 Å². The summed E-state index contributed by atoms with van der Waals surface area (Å²) in [5, 5.41) is 0. The first-order valence-corrected chi connectivity index (χ1v) is 11.3. The van der Waals surface area contributed by atoms with Gasteiger partial charge in [-0.05, 0) is 37.5 Å². The maximum absolute atomic E-state index is 13.8. The molecule has 1 unspecified atom stereocenters. The van der Waals surface area contributed by atoms with Gasteiger partial charge < -0.3 is 4.90 Å². The van der Waals surface area contributed by atoms with E-state index < -0.39 is 10.0 Å². The number of piperazine rings is 1. The van der Waals surface area contributed by atoms with Crippen LogP contribution in [0.25, 0.3) is 0 Å². The number of aryl methyl sites for hydroxylation is 1. The summed E-state index contributed by atoms with van der Waals surface area (Å²) in [5.41, 5.74) is 0.743. The molecule has 2 saturated heterocycles. The summed E-state index contributed by atoms with van der Waals surface area (Å²) in [6, 6.07) is 4.60. The van der Waals surface area contributed by atoms with Crippen LogP contribution in [0.15, 0.2) is 18.2 Å². The molecule has 1 atom stereocenters. The third-order valence-electron chi connectivity index (χ3n) is 6.08. The van der Waals surface area contributed by atoms with Crippen LogP contribution in [-0.2, 0) is 10.0 Å². The molecule has 150 valence electrons. The monoisotopic (exact) mass is 397 g/mol. The van der Waals surface area contributed by atoms with Gasteiger partial charge in [0.05, 0.1) is 6.26 Å². The maximum Gasteiger partial charge on any atom is 0.254 e. The van der Waals surface area contributed by atoms with Crippen molar-refractivity contribution in [1.82, 2.24) is 14.1 Å². The van der Waals surface area contributed by atoms with Gasteiger partial charge in [0.1, 0.15) is 5.82 Å². The first kappa shape index (κ1) is 20.2. The molecule has 0 aromatic heterocycles. The van der Waals surface area contributed by atoms with Gasteiger partial charge in [0.15, 0.2) is 0 Å². The predicted octanol–water partition coefficient (Wildman–Crippen LogP) is 1.71. The predicted molar refractivity (Wildman–Crippen MR) is 103 cm³/mol. The standard InChI is InChI=1S/C19H28FN3O3S/c1-4-19(7-8-23(14-19)27(3,25)26)22-11-9-21(10-12-22)18(24)16-6-5-15(2)17(20)13-16/h5-6,13H,4,7-12,14H2,1-3H3. The van der Waals surface area contributed by atoms with Crippen LogP contribution in [0.5, 0.6) is 0 Å². The lowest BCUT2D eigenvalue weighted by molar-refractivity contribution is 0.0312. The minimum atomic E-state index is -3.18. The topological polar surface area (TPSA) is 60.9 Å². The Bertz CT molecular complexity index is 821. The molecule has 2 aliphatic rings. The van der Waals surface area contributed by atoms with Crippen LogP contribution in [0.1, 0.15) is 35.7 Å². The number of rotatable bonds is 4. The third-order valence-corrected chi connectivity index (χ3v) is 7.33. The Balaban J connectivity index is 1.66. The lowest BCUT2D eigenvalue weighted by atomic mass is 9.92. The van der Waals surface area contributed by atoms with Crippen molar-refractivity contribution in [2.75, 3.05) is 45.5 Å². The van der Waals surface area contributed by atoms with Gasteiger partial charge >= 0.3 is 0 Å². The summed E-state index contributed by atoms with van der Waals surface area (Å²) in [5.74, 6) is -0.514. The lowest BCUT2D eigenvalue weighted by Gasteiger charge is -2.45. The number of sulfonamides is 1. The van der Waals surface area contributed by atoms with E-state index in [1.807, 2.05) is 0 Å². The van der Waals surface area contributed by atoms with E-state index in [0.29, 0.717) is 50.4 Å². The van der Waals surface area contributed by atoms with Crippen LogP contribution in [0.4, 0.5) is 4.39 Å². The van der Waals surface area contributed by atoms with E-state index in [9.17, 15) is 17.6 Å². The Labute approximate surface area is 161 Å². The number of benzene rings is 1. The summed E-state index contributed by atoms with van der Waals surface area (Å²) in [6.45, 7) is 7.36. The van der Waals surface area contributed by atoms with Crippen molar-refractivity contribution in [1.29, 1.82) is 0 Å². The number of hydrogen-bond donors (Lipinski definition) is 0. The highest BCUT2D eigenvalue weighted by atomic mass is 32.2. The molecule has 2 aliphatic heterocycles. The van der Waals surface area contributed by atoms with Gasteiger partial charge in [-0.3, -0.25) is 9.69 Å². The molecule has 0 radical (unpaired) electrons. The van der Waals surface area contributed by atoms with E-state index in [0.717, 1.165) is 12.8 Å². The minimum absolute atomic E-state index is 0.150. The number of hydrogen-bond acceptors (Lipinski definition) is 4. The first-order valence-electron chi connectivity index (χ1n) is 9.42. The molecule has 8 heteroatoms. The summed E-state index contributed by atoms with van der Waals surface area (Å²) >= 11 is 0. The van der Waals surface area contributed by atoms with Crippen LogP contribution < -0.4 is 0 Å². The van der Waals surface area contributed by atoms with Gasteiger partial charge in [0.25, 0.3) is 5.91 Å². The Morgan fingerprint density at radius 2 is 1.85 bits per heavy atom. The summed E-state index contributed by atoms with van der Waals surface area (Å²) < 4.78 is 39.1. The number of carbonyl (C=O) groups is 1. The van der Waals surface area contributed by atoms with E-state index in [-0.39, 0.29) is 17.3 Å². The van der Waals surface area contributed by atoms with Crippen molar-refractivity contribution >= 4 is 15.9 Å². The van der Waals surface area contributed by atoms with Gasteiger partial charge in [-0.1, -0.05) is 13.0 Å². The van der Waals surface area contributed by atoms with Crippen LogP contribution in [-0.4, -0.2) is 79.5 Å². The molecule has 0 N–H and O–H groups in total. The molecule has 6 nitrogen and oxygen atoms in total. The minimum Gasteiger partial charge on any atom is -0.336 e. The van der Waals surface area contributed by atoms with E-state index in [4.69, 9.17) is 0 Å². The fourth-order valence-corrected chi connectivity index (χ4v) is 5.06. The Morgan fingerprint density at radius 1 is 1.19 bits per heavy atom. The van der Waals surface area contributed by atoms with E-state index in [1.165, 1.54) is 12.3 Å². The molecule has 1 aromatic rings. The zero-order valence-corrected chi connectivity index (χ0v) is 17.1. The van der Waals surface area contributed by atoms with Crippen LogP contribution in [0.3, 0.4) is 0 Å². The molecule has 2 heterocycles. The molecule has 0 bridgehead atoms. The highest BCUT2D eigenvalue weighted by molar-refractivity contribution is 7.88. The molecule has 3 rings (SSSR count). The molecule has 1 aromatic carbocycles. The van der Waals surface area contributed by atoms with Crippen molar-refractivity contribution in [2.24, 2.45) is 0 Å². The van der Waals surface area contributed by atoms with Crippen molar-refractivity contribution in [3.05, 3.63) is 35.1 Å². The largest absolute Gasteiger partial charge is 0.336 e. The van der Waals surface area contributed by atoms with Crippen molar-refractivity contribution in [2.45, 2.75) is 32.2 Å². The fourth-order valence-electron chi connectivity index (χ4n) is 4.16. The zero-order chi connectivity index (χ0) is 19.8. The van der Waals surface area contributed by atoms with Crippen LogP contribution >= 0.6 is 0 Å². The molecule has 0 aliphatic carbocycles. The quantitative estimate of drug-likeness (QED) is 0.776. The van der Waals surface area contributed by atoms with Gasteiger partial charge in [-0.2, -0.15) is 0 Å². The second-order valence-corrected chi connectivity index (χ2v) is 9.65. The highest BCUT2D eigenvalue weighted by Gasteiger charge is 2.45. The molecular weight excluding hydrogens is 369 g/mol. The molecular formula is C19H28FN3O3S. The third kappa shape index (κ3) is 4.02. The van der Waals surface area contributed by atoms with Crippen molar-refractivity contribution < 1.29 is 17.6 Å². The fraction of sp³-hybridized carbons (Fsp3) is 0.632. The normalized spacial score (nSPS) is 25.1. The first-order chi connectivity index (χ1) is 12.7. The molecule has 0 spiro atoms. The maximum atomic E-state index is 13.8. The summed E-state index contributed by atoms with van der Waals surface area (Å²) in [4.78, 5) is 16.8. The van der Waals surface area contributed by atoms with Gasteiger partial charge in [-0.15, -0.1) is 0 Å². The van der Waals surface area contributed by atoms with Gasteiger partial charge in [-0.25, -0.2) is 17.1 Å².